The standard InChI is InChI=1S/C28H23FN2O4/c1-16(2)35-23-13-10-19(14-17(23)3)26(32)24-25(21-6-4-5-7-22(21)29)31(28(34)27(24)33)20-11-8-18(15-30)9-12-20/h4-14,16,25,32H,1-3H3/b26-24+. The largest absolute Gasteiger partial charge is 0.507 e. The van der Waals surface area contributed by atoms with Crippen LogP contribution in [0.3, 0.4) is 0 Å². The second-order valence-electron chi connectivity index (χ2n) is 8.50. The van der Waals surface area contributed by atoms with E-state index >= 15 is 0 Å². The van der Waals surface area contributed by atoms with Gasteiger partial charge in [-0.3, -0.25) is 14.5 Å². The molecule has 1 N–H and O–H groups in total. The number of carbonyl (C=O) groups is 2. The predicted molar refractivity (Wildman–Crippen MR) is 129 cm³/mol. The molecule has 1 aliphatic heterocycles. The van der Waals surface area contributed by atoms with Crippen molar-refractivity contribution in [1.82, 2.24) is 0 Å². The Morgan fingerprint density at radius 1 is 1.09 bits per heavy atom. The number of aliphatic hydroxyl groups excluding tert-OH is 1. The molecule has 0 spiro atoms. The van der Waals surface area contributed by atoms with E-state index in [9.17, 15) is 19.1 Å². The molecular weight excluding hydrogens is 447 g/mol. The summed E-state index contributed by atoms with van der Waals surface area (Å²) in [5.41, 5.74) is 1.54. The molecular formula is C28H23FN2O4. The lowest BCUT2D eigenvalue weighted by Crippen LogP contribution is -2.29. The number of hydrogen-bond donors (Lipinski definition) is 1. The quantitative estimate of drug-likeness (QED) is 0.306. The monoisotopic (exact) mass is 470 g/mol. The highest BCUT2D eigenvalue weighted by atomic mass is 19.1. The summed E-state index contributed by atoms with van der Waals surface area (Å²) in [5, 5.41) is 20.4. The van der Waals surface area contributed by atoms with Gasteiger partial charge in [0, 0.05) is 16.8 Å². The van der Waals surface area contributed by atoms with Gasteiger partial charge in [-0.2, -0.15) is 5.26 Å². The van der Waals surface area contributed by atoms with Crippen LogP contribution in [0.2, 0.25) is 0 Å². The van der Waals surface area contributed by atoms with Gasteiger partial charge in [-0.1, -0.05) is 18.2 Å². The van der Waals surface area contributed by atoms with Crippen molar-refractivity contribution in [3.63, 3.8) is 0 Å². The van der Waals surface area contributed by atoms with E-state index in [0.717, 1.165) is 10.5 Å². The van der Waals surface area contributed by atoms with Crippen molar-refractivity contribution in [3.8, 4) is 11.8 Å². The Morgan fingerprint density at radius 2 is 1.77 bits per heavy atom. The van der Waals surface area contributed by atoms with Crippen LogP contribution in [-0.2, 0) is 9.59 Å². The summed E-state index contributed by atoms with van der Waals surface area (Å²) < 4.78 is 20.7. The van der Waals surface area contributed by atoms with E-state index in [-0.39, 0.29) is 17.2 Å². The summed E-state index contributed by atoms with van der Waals surface area (Å²) in [5.74, 6) is -2.24. The lowest BCUT2D eigenvalue weighted by atomic mass is 9.94. The predicted octanol–water partition coefficient (Wildman–Crippen LogP) is 5.42. The van der Waals surface area contributed by atoms with Crippen LogP contribution in [-0.4, -0.2) is 22.9 Å². The Morgan fingerprint density at radius 3 is 2.37 bits per heavy atom. The lowest BCUT2D eigenvalue weighted by molar-refractivity contribution is -0.132. The van der Waals surface area contributed by atoms with E-state index in [1.165, 1.54) is 42.5 Å². The molecule has 1 aliphatic rings. The molecule has 3 aromatic rings. The normalized spacial score (nSPS) is 17.0. The molecule has 0 aliphatic carbocycles. The van der Waals surface area contributed by atoms with Crippen molar-refractivity contribution in [2.24, 2.45) is 0 Å². The van der Waals surface area contributed by atoms with E-state index in [0.29, 0.717) is 22.6 Å². The first-order valence-electron chi connectivity index (χ1n) is 11.1. The van der Waals surface area contributed by atoms with Gasteiger partial charge in [0.15, 0.2) is 0 Å². The molecule has 3 aromatic carbocycles. The van der Waals surface area contributed by atoms with Crippen molar-refractivity contribution >= 4 is 23.1 Å². The highest BCUT2D eigenvalue weighted by Gasteiger charge is 2.47. The van der Waals surface area contributed by atoms with Crippen molar-refractivity contribution in [3.05, 3.63) is 100 Å². The molecule has 4 rings (SSSR count). The average molecular weight is 471 g/mol. The lowest BCUT2D eigenvalue weighted by Gasteiger charge is -2.25. The molecule has 35 heavy (non-hydrogen) atoms. The Kier molecular flexibility index (Phi) is 6.39. The van der Waals surface area contributed by atoms with Crippen LogP contribution in [0.15, 0.2) is 72.3 Å². The average Bonchev–Trinajstić information content (AvgIpc) is 3.10. The van der Waals surface area contributed by atoms with E-state index < -0.39 is 29.3 Å². The maximum absolute atomic E-state index is 15.0. The number of hydrogen-bond acceptors (Lipinski definition) is 5. The minimum absolute atomic E-state index is 0.0491. The number of amides is 1. The van der Waals surface area contributed by atoms with Gasteiger partial charge in [-0.15, -0.1) is 0 Å². The first-order valence-corrected chi connectivity index (χ1v) is 11.1. The molecule has 0 saturated carbocycles. The number of benzene rings is 3. The van der Waals surface area contributed by atoms with Crippen molar-refractivity contribution in [1.29, 1.82) is 5.26 Å². The van der Waals surface area contributed by atoms with E-state index in [4.69, 9.17) is 10.00 Å². The maximum Gasteiger partial charge on any atom is 0.300 e. The second-order valence-corrected chi connectivity index (χ2v) is 8.50. The van der Waals surface area contributed by atoms with Crippen LogP contribution >= 0.6 is 0 Å². The van der Waals surface area contributed by atoms with Gasteiger partial charge < -0.3 is 9.84 Å². The van der Waals surface area contributed by atoms with Gasteiger partial charge >= 0.3 is 0 Å². The number of anilines is 1. The number of halogens is 1. The molecule has 1 unspecified atom stereocenters. The van der Waals surface area contributed by atoms with Crippen LogP contribution in [0.5, 0.6) is 5.75 Å². The molecule has 0 aromatic heterocycles. The molecule has 1 heterocycles. The highest BCUT2D eigenvalue weighted by Crippen LogP contribution is 2.43. The summed E-state index contributed by atoms with van der Waals surface area (Å²) in [6, 6.07) is 17.6. The number of nitriles is 1. The minimum atomic E-state index is -1.20. The molecule has 0 radical (unpaired) electrons. The Hall–Kier alpha value is -4.44. The number of aryl methyl sites for hydroxylation is 1. The van der Waals surface area contributed by atoms with Crippen LogP contribution in [0.25, 0.3) is 5.76 Å². The number of carbonyl (C=O) groups excluding carboxylic acids is 2. The van der Waals surface area contributed by atoms with Crippen LogP contribution in [0.4, 0.5) is 10.1 Å². The molecule has 1 atom stereocenters. The molecule has 1 fully saturated rings. The minimum Gasteiger partial charge on any atom is -0.507 e. The number of Topliss-reactive ketones (excluding diaryl/α,β-unsaturated/α-hetero) is 1. The third kappa shape index (κ3) is 4.38. The summed E-state index contributed by atoms with van der Waals surface area (Å²) in [6.45, 7) is 5.59. The summed E-state index contributed by atoms with van der Waals surface area (Å²) in [7, 11) is 0. The first kappa shape index (κ1) is 23.7. The smallest absolute Gasteiger partial charge is 0.300 e. The summed E-state index contributed by atoms with van der Waals surface area (Å²) in [6.07, 6.45) is -0.0491. The summed E-state index contributed by atoms with van der Waals surface area (Å²) in [4.78, 5) is 27.5. The fourth-order valence-corrected chi connectivity index (χ4v) is 4.12. The zero-order valence-corrected chi connectivity index (χ0v) is 19.4. The van der Waals surface area contributed by atoms with Crippen molar-refractivity contribution in [2.45, 2.75) is 32.9 Å². The first-order chi connectivity index (χ1) is 16.7. The Labute approximate surface area is 202 Å². The molecule has 6 nitrogen and oxygen atoms in total. The van der Waals surface area contributed by atoms with Gasteiger partial charge in [-0.25, -0.2) is 4.39 Å². The van der Waals surface area contributed by atoms with Gasteiger partial charge in [0.1, 0.15) is 17.3 Å². The molecule has 0 bridgehead atoms. The fraction of sp³-hybridized carbons (Fsp3) is 0.179. The number of ketones is 1. The third-order valence-corrected chi connectivity index (χ3v) is 5.73. The van der Waals surface area contributed by atoms with Crippen LogP contribution in [0, 0.1) is 24.1 Å². The number of rotatable bonds is 5. The van der Waals surface area contributed by atoms with Gasteiger partial charge in [0.05, 0.1) is 29.4 Å². The van der Waals surface area contributed by atoms with E-state index in [1.54, 1.807) is 31.2 Å². The topological polar surface area (TPSA) is 90.6 Å². The molecule has 1 saturated heterocycles. The molecule has 1 amide bonds. The molecule has 7 heteroatoms. The van der Waals surface area contributed by atoms with E-state index in [2.05, 4.69) is 0 Å². The van der Waals surface area contributed by atoms with Crippen molar-refractivity contribution < 1.29 is 23.8 Å². The van der Waals surface area contributed by atoms with Gasteiger partial charge in [0.2, 0.25) is 0 Å². The van der Waals surface area contributed by atoms with Crippen LogP contribution in [0.1, 0.15) is 42.1 Å². The van der Waals surface area contributed by atoms with E-state index in [1.807, 2.05) is 19.9 Å². The van der Waals surface area contributed by atoms with Gasteiger partial charge in [0.25, 0.3) is 11.7 Å². The van der Waals surface area contributed by atoms with Gasteiger partial charge in [-0.05, 0) is 74.9 Å². The zero-order valence-electron chi connectivity index (χ0n) is 19.4. The van der Waals surface area contributed by atoms with Crippen LogP contribution < -0.4 is 9.64 Å². The second kappa shape index (κ2) is 9.43. The maximum atomic E-state index is 15.0. The number of ether oxygens (including phenoxy) is 1. The zero-order chi connectivity index (χ0) is 25.3. The fourth-order valence-electron chi connectivity index (χ4n) is 4.12. The molecule has 176 valence electrons. The number of aliphatic hydroxyl groups is 1. The number of nitrogens with zero attached hydrogens (tertiary/aromatic N) is 2. The Balaban J connectivity index is 1.90. The highest BCUT2D eigenvalue weighted by molar-refractivity contribution is 6.51. The van der Waals surface area contributed by atoms with Crippen molar-refractivity contribution in [2.75, 3.05) is 4.90 Å². The SMILES string of the molecule is Cc1cc(/C(O)=C2\C(=O)C(=O)N(c3ccc(C#N)cc3)C2c2ccccc2F)ccc1OC(C)C. The Bertz CT molecular complexity index is 1390. The third-order valence-electron chi connectivity index (χ3n) is 5.73. The summed E-state index contributed by atoms with van der Waals surface area (Å²) >= 11 is 0.